The van der Waals surface area contributed by atoms with E-state index in [0.29, 0.717) is 19.4 Å². The molecule has 1 amide bonds. The number of unbranched alkanes of at least 4 members (excludes halogenated alkanes) is 40. The summed E-state index contributed by atoms with van der Waals surface area (Å²) in [5, 5.41) is 23.1. The lowest BCUT2D eigenvalue weighted by Crippen LogP contribution is -2.45. The van der Waals surface area contributed by atoms with Gasteiger partial charge in [0.05, 0.1) is 25.4 Å². The van der Waals surface area contributed by atoms with Crippen LogP contribution in [0.25, 0.3) is 0 Å². The molecule has 0 bridgehead atoms. The molecule has 0 saturated heterocycles. The van der Waals surface area contributed by atoms with E-state index in [1.54, 1.807) is 6.08 Å². The van der Waals surface area contributed by atoms with Gasteiger partial charge in [-0.25, -0.2) is 0 Å². The zero-order valence-corrected chi connectivity index (χ0v) is 46.7. The number of amides is 1. The summed E-state index contributed by atoms with van der Waals surface area (Å²) in [5.41, 5.74) is 0. The standard InChI is InChI=1S/C64H119NO5/c1-3-5-7-9-11-13-15-17-19-24-28-32-36-40-44-48-52-56-62(67)61(60-66)65-63(68)57-53-49-45-41-37-33-29-26-22-21-23-27-31-35-39-43-47-51-55-59-70-64(69)58-54-50-46-42-38-34-30-25-20-18-16-14-12-10-8-6-4-2/h12,14,18,20-22,52,56,61-62,66-67H,3-11,13,15-17,19,23-51,53-55,57-60H2,1-2H3,(H,65,68)/b14-12-,20-18-,22-21-,56-52+. The molecule has 0 aliphatic heterocycles. The Kier molecular flexibility index (Phi) is 57.5. The summed E-state index contributed by atoms with van der Waals surface area (Å²) in [6.45, 7) is 4.87. The first-order valence-electron chi connectivity index (χ1n) is 30.9. The molecule has 0 aromatic carbocycles. The minimum Gasteiger partial charge on any atom is -0.466 e. The fourth-order valence-electron chi connectivity index (χ4n) is 9.31. The first kappa shape index (κ1) is 67.8. The number of allylic oxidation sites excluding steroid dienone is 7. The molecule has 2 unspecified atom stereocenters. The molecule has 0 aliphatic carbocycles. The largest absolute Gasteiger partial charge is 0.466 e. The monoisotopic (exact) mass is 982 g/mol. The zero-order valence-electron chi connectivity index (χ0n) is 46.7. The van der Waals surface area contributed by atoms with Crippen LogP contribution >= 0.6 is 0 Å². The molecule has 3 N–H and O–H groups in total. The quantitative estimate of drug-likeness (QED) is 0.0321. The van der Waals surface area contributed by atoms with Gasteiger partial charge in [0.25, 0.3) is 0 Å². The molecule has 6 nitrogen and oxygen atoms in total. The Bertz CT molecular complexity index is 1180. The molecule has 0 fully saturated rings. The molecule has 0 rings (SSSR count). The molecule has 2 atom stereocenters. The van der Waals surface area contributed by atoms with E-state index in [4.69, 9.17) is 4.74 Å². The fourth-order valence-corrected chi connectivity index (χ4v) is 9.31. The van der Waals surface area contributed by atoms with Gasteiger partial charge in [0.15, 0.2) is 0 Å². The smallest absolute Gasteiger partial charge is 0.305 e. The van der Waals surface area contributed by atoms with Crippen molar-refractivity contribution >= 4 is 11.9 Å². The predicted octanol–water partition coefficient (Wildman–Crippen LogP) is 19.4. The van der Waals surface area contributed by atoms with Crippen LogP contribution in [0.4, 0.5) is 0 Å². The third kappa shape index (κ3) is 55.1. The maximum absolute atomic E-state index is 12.5. The molecule has 0 saturated carbocycles. The van der Waals surface area contributed by atoms with E-state index in [9.17, 15) is 19.8 Å². The van der Waals surface area contributed by atoms with Crippen LogP contribution in [0, 0.1) is 0 Å². The van der Waals surface area contributed by atoms with Gasteiger partial charge in [0, 0.05) is 12.8 Å². The van der Waals surface area contributed by atoms with E-state index in [-0.39, 0.29) is 18.5 Å². The number of hydrogen-bond acceptors (Lipinski definition) is 5. The van der Waals surface area contributed by atoms with Gasteiger partial charge < -0.3 is 20.3 Å². The van der Waals surface area contributed by atoms with Gasteiger partial charge in [0.2, 0.25) is 5.91 Å². The average Bonchev–Trinajstić information content (AvgIpc) is 3.36. The molecule has 70 heavy (non-hydrogen) atoms. The number of rotatable bonds is 57. The Labute approximate surface area is 436 Å². The maximum Gasteiger partial charge on any atom is 0.305 e. The van der Waals surface area contributed by atoms with Crippen LogP contribution in [-0.2, 0) is 14.3 Å². The number of aliphatic hydroxyl groups is 2. The molecule has 410 valence electrons. The van der Waals surface area contributed by atoms with Crippen molar-refractivity contribution in [2.75, 3.05) is 13.2 Å². The number of aliphatic hydroxyl groups excluding tert-OH is 2. The molecule has 0 aromatic heterocycles. The van der Waals surface area contributed by atoms with Crippen LogP contribution < -0.4 is 5.32 Å². The van der Waals surface area contributed by atoms with Crippen LogP contribution in [0.1, 0.15) is 322 Å². The van der Waals surface area contributed by atoms with Crippen LogP contribution in [0.5, 0.6) is 0 Å². The van der Waals surface area contributed by atoms with Crippen molar-refractivity contribution in [3.63, 3.8) is 0 Å². The molecular weight excluding hydrogens is 863 g/mol. The van der Waals surface area contributed by atoms with Crippen molar-refractivity contribution in [3.05, 3.63) is 48.6 Å². The average molecular weight is 983 g/mol. The Morgan fingerprint density at radius 2 is 0.714 bits per heavy atom. The van der Waals surface area contributed by atoms with Crippen molar-refractivity contribution in [2.45, 2.75) is 334 Å². The minimum atomic E-state index is -0.852. The summed E-state index contributed by atoms with van der Waals surface area (Å²) in [6.07, 6.45) is 75.7. The van der Waals surface area contributed by atoms with Crippen LogP contribution in [0.2, 0.25) is 0 Å². The summed E-state index contributed by atoms with van der Waals surface area (Å²) >= 11 is 0. The summed E-state index contributed by atoms with van der Waals surface area (Å²) < 4.78 is 5.48. The van der Waals surface area contributed by atoms with Gasteiger partial charge in [0.1, 0.15) is 0 Å². The normalized spacial score (nSPS) is 12.9. The molecule has 6 heteroatoms. The van der Waals surface area contributed by atoms with Gasteiger partial charge in [-0.1, -0.05) is 268 Å². The van der Waals surface area contributed by atoms with Gasteiger partial charge in [-0.3, -0.25) is 9.59 Å². The molecule has 0 aromatic rings. The van der Waals surface area contributed by atoms with E-state index in [1.165, 1.54) is 231 Å². The number of ether oxygens (including phenoxy) is 1. The van der Waals surface area contributed by atoms with Crippen molar-refractivity contribution in [2.24, 2.45) is 0 Å². The number of nitrogens with one attached hydrogen (secondary N) is 1. The summed E-state index contributed by atoms with van der Waals surface area (Å²) in [7, 11) is 0. The first-order valence-corrected chi connectivity index (χ1v) is 30.9. The minimum absolute atomic E-state index is 0.00478. The summed E-state index contributed by atoms with van der Waals surface area (Å²) in [6, 6.07) is -0.636. The van der Waals surface area contributed by atoms with Gasteiger partial charge in [-0.2, -0.15) is 0 Å². The highest BCUT2D eigenvalue weighted by Crippen LogP contribution is 2.16. The Hall–Kier alpha value is -2.18. The third-order valence-electron chi connectivity index (χ3n) is 14.1. The summed E-state index contributed by atoms with van der Waals surface area (Å²) in [4.78, 5) is 24.5. The molecule has 0 spiro atoms. The van der Waals surface area contributed by atoms with E-state index < -0.39 is 12.1 Å². The molecular formula is C64H119NO5. The number of hydrogen-bond donors (Lipinski definition) is 3. The molecule has 0 aliphatic rings. The summed E-state index contributed by atoms with van der Waals surface area (Å²) in [5.74, 6) is -0.0816. The van der Waals surface area contributed by atoms with Gasteiger partial charge in [-0.15, -0.1) is 0 Å². The van der Waals surface area contributed by atoms with Crippen molar-refractivity contribution < 1.29 is 24.5 Å². The SMILES string of the molecule is CCCCC/C=C\C/C=C\CCCCCCCCCC(=O)OCCCCCCCCCC/C=C\CCCCCCCCCC(=O)NC(CO)C(O)/C=C/CCCCCCCCCCCCCCCCC. The first-order chi connectivity index (χ1) is 34.5. The second-order valence-corrected chi connectivity index (χ2v) is 21.0. The number of esters is 1. The second kappa shape index (κ2) is 59.4. The van der Waals surface area contributed by atoms with E-state index >= 15 is 0 Å². The Morgan fingerprint density at radius 1 is 0.400 bits per heavy atom. The lowest BCUT2D eigenvalue weighted by Gasteiger charge is -2.20. The fraction of sp³-hybridized carbons (Fsp3) is 0.844. The predicted molar refractivity (Wildman–Crippen MR) is 306 cm³/mol. The zero-order chi connectivity index (χ0) is 50.7. The lowest BCUT2D eigenvalue weighted by molar-refractivity contribution is -0.143. The second-order valence-electron chi connectivity index (χ2n) is 21.0. The number of carbonyl (C=O) groups is 2. The highest BCUT2D eigenvalue weighted by atomic mass is 16.5. The maximum atomic E-state index is 12.5. The topological polar surface area (TPSA) is 95.9 Å². The Morgan fingerprint density at radius 3 is 1.13 bits per heavy atom. The van der Waals surface area contributed by atoms with E-state index in [0.717, 1.165) is 64.2 Å². The third-order valence-corrected chi connectivity index (χ3v) is 14.1. The van der Waals surface area contributed by atoms with Crippen LogP contribution in [0.15, 0.2) is 48.6 Å². The highest BCUT2D eigenvalue weighted by Gasteiger charge is 2.18. The van der Waals surface area contributed by atoms with Crippen molar-refractivity contribution in [1.29, 1.82) is 0 Å². The van der Waals surface area contributed by atoms with Crippen LogP contribution in [-0.4, -0.2) is 47.4 Å². The van der Waals surface area contributed by atoms with Crippen molar-refractivity contribution in [1.82, 2.24) is 5.32 Å². The van der Waals surface area contributed by atoms with E-state index in [2.05, 4.69) is 55.6 Å². The van der Waals surface area contributed by atoms with Gasteiger partial charge >= 0.3 is 5.97 Å². The number of carbonyl (C=O) groups excluding carboxylic acids is 2. The van der Waals surface area contributed by atoms with Crippen molar-refractivity contribution in [3.8, 4) is 0 Å². The Balaban J connectivity index is 3.47. The molecule has 0 radical (unpaired) electrons. The highest BCUT2D eigenvalue weighted by molar-refractivity contribution is 5.76. The van der Waals surface area contributed by atoms with E-state index in [1.807, 2.05) is 6.08 Å². The van der Waals surface area contributed by atoms with Gasteiger partial charge in [-0.05, 0) is 89.9 Å². The van der Waals surface area contributed by atoms with Crippen LogP contribution in [0.3, 0.4) is 0 Å². The lowest BCUT2D eigenvalue weighted by atomic mass is 10.0. The molecule has 0 heterocycles.